The molecule has 0 atom stereocenters. The second-order valence-corrected chi connectivity index (χ2v) is 6.08. The van der Waals surface area contributed by atoms with Gasteiger partial charge in [0.1, 0.15) is 11.5 Å². The van der Waals surface area contributed by atoms with Crippen LogP contribution in [-0.4, -0.2) is 31.8 Å². The number of hydrogen-bond acceptors (Lipinski definition) is 4. The van der Waals surface area contributed by atoms with Crippen LogP contribution >= 0.6 is 0 Å². The third-order valence-electron chi connectivity index (χ3n) is 2.47. The minimum absolute atomic E-state index is 0.473. The number of nitrogens with zero attached hydrogens (tertiary/aromatic N) is 2. The zero-order valence-electron chi connectivity index (χ0n) is 11.1. The molecule has 0 unspecified atom stereocenters. The van der Waals surface area contributed by atoms with Crippen LogP contribution in [0.3, 0.4) is 0 Å². The van der Waals surface area contributed by atoms with E-state index in [2.05, 4.69) is 9.71 Å². The lowest BCUT2D eigenvalue weighted by atomic mass is 10.3. The molecule has 0 aliphatic rings. The molecule has 0 fully saturated rings. The maximum absolute atomic E-state index is 11.7. The van der Waals surface area contributed by atoms with E-state index in [0.29, 0.717) is 17.2 Å². The summed E-state index contributed by atoms with van der Waals surface area (Å²) in [5.74, 6) is 1.28. The fraction of sp³-hybridized carbons (Fsp3) is 0.154. The van der Waals surface area contributed by atoms with Gasteiger partial charge in [0, 0.05) is 26.5 Å². The Labute approximate surface area is 118 Å². The van der Waals surface area contributed by atoms with Crippen molar-refractivity contribution < 1.29 is 13.2 Å². The van der Waals surface area contributed by atoms with Gasteiger partial charge in [-0.3, -0.25) is 9.71 Å². The molecule has 0 saturated heterocycles. The maximum atomic E-state index is 11.7. The Balaban J connectivity index is 2.07. The molecule has 0 aliphatic heterocycles. The first-order valence-corrected chi connectivity index (χ1v) is 7.29. The van der Waals surface area contributed by atoms with E-state index in [9.17, 15) is 8.42 Å². The fourth-order valence-electron chi connectivity index (χ4n) is 1.37. The summed E-state index contributed by atoms with van der Waals surface area (Å²) in [5.41, 5.74) is 0.473. The molecule has 1 aromatic carbocycles. The second-order valence-electron chi connectivity index (χ2n) is 4.20. The van der Waals surface area contributed by atoms with Crippen molar-refractivity contribution in [1.29, 1.82) is 0 Å². The summed E-state index contributed by atoms with van der Waals surface area (Å²) in [6.07, 6.45) is 3.27. The largest absolute Gasteiger partial charge is 0.457 e. The molecule has 7 heteroatoms. The van der Waals surface area contributed by atoms with Crippen LogP contribution in [0.2, 0.25) is 0 Å². The van der Waals surface area contributed by atoms with Crippen molar-refractivity contribution in [2.24, 2.45) is 0 Å². The van der Waals surface area contributed by atoms with Crippen molar-refractivity contribution in [2.75, 3.05) is 18.8 Å². The molecule has 0 saturated carbocycles. The number of aromatic nitrogens is 1. The highest BCUT2D eigenvalue weighted by Crippen LogP contribution is 2.22. The van der Waals surface area contributed by atoms with Gasteiger partial charge < -0.3 is 4.74 Å². The molecule has 106 valence electrons. The second kappa shape index (κ2) is 5.89. The van der Waals surface area contributed by atoms with Gasteiger partial charge in [-0.25, -0.2) is 0 Å². The van der Waals surface area contributed by atoms with Crippen LogP contribution in [-0.2, 0) is 10.2 Å². The molecule has 1 aromatic heterocycles. The molecule has 0 aliphatic carbocycles. The van der Waals surface area contributed by atoms with Gasteiger partial charge in [-0.1, -0.05) is 0 Å². The highest BCUT2D eigenvalue weighted by Gasteiger charge is 2.12. The highest BCUT2D eigenvalue weighted by atomic mass is 32.2. The molecular formula is C13H15N3O3S. The van der Waals surface area contributed by atoms with E-state index in [1.54, 1.807) is 48.8 Å². The van der Waals surface area contributed by atoms with Crippen molar-refractivity contribution in [3.05, 3.63) is 48.8 Å². The van der Waals surface area contributed by atoms with Gasteiger partial charge >= 0.3 is 10.2 Å². The summed E-state index contributed by atoms with van der Waals surface area (Å²) in [6.45, 7) is 0. The van der Waals surface area contributed by atoms with Gasteiger partial charge in [0.25, 0.3) is 0 Å². The van der Waals surface area contributed by atoms with E-state index in [-0.39, 0.29) is 0 Å². The van der Waals surface area contributed by atoms with Gasteiger partial charge in [0.15, 0.2) is 0 Å². The minimum atomic E-state index is -3.49. The smallest absolute Gasteiger partial charge is 0.301 e. The summed E-state index contributed by atoms with van der Waals surface area (Å²) in [4.78, 5) is 3.90. The number of nitrogens with one attached hydrogen (secondary N) is 1. The number of rotatable bonds is 5. The first-order chi connectivity index (χ1) is 9.47. The van der Waals surface area contributed by atoms with Crippen LogP contribution in [0.1, 0.15) is 0 Å². The van der Waals surface area contributed by atoms with Crippen molar-refractivity contribution >= 4 is 15.9 Å². The number of ether oxygens (including phenoxy) is 1. The summed E-state index contributed by atoms with van der Waals surface area (Å²) in [7, 11) is -0.566. The Kier molecular flexibility index (Phi) is 4.21. The number of pyridine rings is 1. The van der Waals surface area contributed by atoms with Crippen molar-refractivity contribution in [2.45, 2.75) is 0 Å². The molecule has 1 heterocycles. The van der Waals surface area contributed by atoms with E-state index in [1.165, 1.54) is 14.1 Å². The molecule has 6 nitrogen and oxygen atoms in total. The van der Waals surface area contributed by atoms with Crippen molar-refractivity contribution in [1.82, 2.24) is 9.29 Å². The quantitative estimate of drug-likeness (QED) is 0.916. The van der Waals surface area contributed by atoms with E-state index in [0.717, 1.165) is 4.31 Å². The van der Waals surface area contributed by atoms with Crippen LogP contribution < -0.4 is 9.46 Å². The fourth-order valence-corrected chi connectivity index (χ4v) is 1.99. The average Bonchev–Trinajstić information content (AvgIpc) is 2.42. The lowest BCUT2D eigenvalue weighted by molar-refractivity contribution is 0.482. The van der Waals surface area contributed by atoms with Crippen molar-refractivity contribution in [3.8, 4) is 11.5 Å². The molecule has 1 N–H and O–H groups in total. The molecule has 2 rings (SSSR count). The van der Waals surface area contributed by atoms with E-state index >= 15 is 0 Å². The predicted octanol–water partition coefficient (Wildman–Crippen LogP) is 2.09. The maximum Gasteiger partial charge on any atom is 0.301 e. The van der Waals surface area contributed by atoms with Gasteiger partial charge in [-0.05, 0) is 36.4 Å². The van der Waals surface area contributed by atoms with Gasteiger partial charge in [-0.15, -0.1) is 0 Å². The normalized spacial score (nSPS) is 11.3. The number of hydrogen-bond donors (Lipinski definition) is 1. The SMILES string of the molecule is CN(C)S(=O)(=O)Nc1ccc(Oc2ccncc2)cc1. The summed E-state index contributed by atoms with van der Waals surface area (Å²) < 4.78 is 32.4. The predicted molar refractivity (Wildman–Crippen MR) is 77.0 cm³/mol. The first kappa shape index (κ1) is 14.3. The van der Waals surface area contributed by atoms with Crippen LogP contribution in [0.4, 0.5) is 5.69 Å². The monoisotopic (exact) mass is 293 g/mol. The number of anilines is 1. The molecular weight excluding hydrogens is 278 g/mol. The first-order valence-electron chi connectivity index (χ1n) is 5.85. The molecule has 0 amide bonds. The van der Waals surface area contributed by atoms with Crippen LogP contribution in [0.5, 0.6) is 11.5 Å². The molecule has 0 radical (unpaired) electrons. The Bertz CT molecular complexity index is 655. The van der Waals surface area contributed by atoms with Gasteiger partial charge in [0.05, 0.1) is 5.69 Å². The highest BCUT2D eigenvalue weighted by molar-refractivity contribution is 7.90. The minimum Gasteiger partial charge on any atom is -0.457 e. The third kappa shape index (κ3) is 3.69. The van der Waals surface area contributed by atoms with Crippen LogP contribution in [0.25, 0.3) is 0 Å². The lowest BCUT2D eigenvalue weighted by Crippen LogP contribution is -2.28. The van der Waals surface area contributed by atoms with Crippen molar-refractivity contribution in [3.63, 3.8) is 0 Å². The standard InChI is InChI=1S/C13H15N3O3S/c1-16(2)20(17,18)15-11-3-5-12(6-4-11)19-13-7-9-14-10-8-13/h3-10,15H,1-2H3. The van der Waals surface area contributed by atoms with E-state index in [1.807, 2.05) is 0 Å². The molecule has 20 heavy (non-hydrogen) atoms. The summed E-state index contributed by atoms with van der Waals surface area (Å²) in [6, 6.07) is 10.1. The summed E-state index contributed by atoms with van der Waals surface area (Å²) in [5, 5.41) is 0. The Hall–Kier alpha value is -2.12. The van der Waals surface area contributed by atoms with Crippen LogP contribution in [0, 0.1) is 0 Å². The summed E-state index contributed by atoms with van der Waals surface area (Å²) >= 11 is 0. The zero-order chi connectivity index (χ0) is 14.6. The lowest BCUT2D eigenvalue weighted by Gasteiger charge is -2.13. The van der Waals surface area contributed by atoms with Gasteiger partial charge in [0.2, 0.25) is 0 Å². The zero-order valence-corrected chi connectivity index (χ0v) is 12.0. The Morgan fingerprint density at radius 2 is 1.55 bits per heavy atom. The molecule has 0 spiro atoms. The average molecular weight is 293 g/mol. The topological polar surface area (TPSA) is 71.5 Å². The van der Waals surface area contributed by atoms with E-state index < -0.39 is 10.2 Å². The van der Waals surface area contributed by atoms with E-state index in [4.69, 9.17) is 4.74 Å². The Morgan fingerprint density at radius 1 is 1.00 bits per heavy atom. The van der Waals surface area contributed by atoms with Gasteiger partial charge in [-0.2, -0.15) is 12.7 Å². The molecule has 0 bridgehead atoms. The Morgan fingerprint density at radius 3 is 2.10 bits per heavy atom. The van der Waals surface area contributed by atoms with Crippen LogP contribution in [0.15, 0.2) is 48.8 Å². The number of benzene rings is 1. The molecule has 2 aromatic rings. The third-order valence-corrected chi connectivity index (χ3v) is 3.92.